The van der Waals surface area contributed by atoms with Crippen molar-refractivity contribution < 1.29 is 9.47 Å². The number of rotatable bonds is 8. The Kier molecular flexibility index (Phi) is 8.01. The number of guanidine groups is 1. The van der Waals surface area contributed by atoms with Crippen LogP contribution in [-0.2, 0) is 24.9 Å². The smallest absolute Gasteiger partial charge is 0.192 e. The molecule has 1 heterocycles. The molecule has 8 nitrogen and oxygen atoms in total. The second kappa shape index (κ2) is 10.2. The van der Waals surface area contributed by atoms with E-state index in [1.807, 2.05) is 42.8 Å². The summed E-state index contributed by atoms with van der Waals surface area (Å²) in [6.07, 6.45) is 0.0487. The lowest BCUT2D eigenvalue weighted by atomic mass is 9.89. The number of benzene rings is 1. The highest BCUT2D eigenvalue weighted by atomic mass is 16.5. The summed E-state index contributed by atoms with van der Waals surface area (Å²) in [7, 11) is 5.35. The topological polar surface area (TPSA) is 85.6 Å². The zero-order valence-corrected chi connectivity index (χ0v) is 18.6. The molecule has 0 bridgehead atoms. The lowest BCUT2D eigenvalue weighted by molar-refractivity contribution is 0.0205. The molecule has 0 saturated carbocycles. The third kappa shape index (κ3) is 6.74. The molecule has 0 amide bonds. The Bertz CT molecular complexity index is 792. The van der Waals surface area contributed by atoms with Crippen LogP contribution in [0.2, 0.25) is 0 Å². The maximum absolute atomic E-state index is 5.65. The van der Waals surface area contributed by atoms with Crippen LogP contribution in [0.3, 0.4) is 0 Å². The second-order valence-corrected chi connectivity index (χ2v) is 8.06. The number of aliphatic imine (C=N–C) groups is 1. The summed E-state index contributed by atoms with van der Waals surface area (Å²) in [4.78, 5) is 4.73. The number of hydrogen-bond donors (Lipinski definition) is 2. The molecule has 1 atom stereocenters. The van der Waals surface area contributed by atoms with Crippen molar-refractivity contribution in [1.29, 1.82) is 0 Å². The molecule has 1 unspecified atom stereocenters. The standard InChI is InChI=1S/C21H34N6O2/c1-15-25-26-19(27(15)5)14-24-20(23-13-18(29-7)21(2,3)4)22-12-16-8-10-17(28-6)11-9-16/h8-11,18H,12-14H2,1-7H3,(H2,22,23,24). The second-order valence-electron chi connectivity index (χ2n) is 8.06. The molecule has 2 N–H and O–H groups in total. The van der Waals surface area contributed by atoms with Crippen molar-refractivity contribution >= 4 is 5.96 Å². The van der Waals surface area contributed by atoms with Crippen molar-refractivity contribution in [2.24, 2.45) is 17.5 Å². The summed E-state index contributed by atoms with van der Waals surface area (Å²) in [6.45, 7) is 10.1. The molecule has 160 valence electrons. The molecule has 0 fully saturated rings. The van der Waals surface area contributed by atoms with Gasteiger partial charge in [-0.1, -0.05) is 32.9 Å². The Balaban J connectivity index is 2.08. The number of nitrogens with one attached hydrogen (secondary N) is 2. The van der Waals surface area contributed by atoms with E-state index >= 15 is 0 Å². The summed E-state index contributed by atoms with van der Waals surface area (Å²) in [5.41, 5.74) is 1.12. The predicted octanol–water partition coefficient (Wildman–Crippen LogP) is 2.43. The quantitative estimate of drug-likeness (QED) is 0.521. The molecule has 29 heavy (non-hydrogen) atoms. The molecule has 0 radical (unpaired) electrons. The van der Waals surface area contributed by atoms with E-state index in [4.69, 9.17) is 14.5 Å². The first-order valence-corrected chi connectivity index (χ1v) is 9.77. The van der Waals surface area contributed by atoms with Crippen LogP contribution in [-0.4, -0.2) is 47.6 Å². The van der Waals surface area contributed by atoms with Gasteiger partial charge < -0.3 is 24.7 Å². The van der Waals surface area contributed by atoms with Crippen molar-refractivity contribution in [3.8, 4) is 5.75 Å². The van der Waals surface area contributed by atoms with Crippen molar-refractivity contribution in [1.82, 2.24) is 25.4 Å². The van der Waals surface area contributed by atoms with E-state index in [1.54, 1.807) is 14.2 Å². The maximum atomic E-state index is 5.65. The predicted molar refractivity (Wildman–Crippen MR) is 115 cm³/mol. The summed E-state index contributed by atoms with van der Waals surface area (Å²) < 4.78 is 12.8. The number of aryl methyl sites for hydroxylation is 1. The minimum Gasteiger partial charge on any atom is -0.497 e. The molecule has 1 aromatic carbocycles. The number of hydrogen-bond acceptors (Lipinski definition) is 5. The van der Waals surface area contributed by atoms with Gasteiger partial charge in [-0.2, -0.15) is 0 Å². The highest BCUT2D eigenvalue weighted by Gasteiger charge is 2.24. The Morgan fingerprint density at radius 3 is 2.34 bits per heavy atom. The van der Waals surface area contributed by atoms with Crippen LogP contribution in [0.4, 0.5) is 0 Å². The largest absolute Gasteiger partial charge is 0.497 e. The molecule has 0 aliphatic heterocycles. The average molecular weight is 403 g/mol. The monoisotopic (exact) mass is 402 g/mol. The fourth-order valence-electron chi connectivity index (χ4n) is 2.78. The van der Waals surface area contributed by atoms with Crippen LogP contribution in [0.1, 0.15) is 38.0 Å². The maximum Gasteiger partial charge on any atom is 0.192 e. The van der Waals surface area contributed by atoms with E-state index in [1.165, 1.54) is 0 Å². The molecule has 8 heteroatoms. The van der Waals surface area contributed by atoms with Crippen LogP contribution < -0.4 is 15.4 Å². The molecule has 0 spiro atoms. The first kappa shape index (κ1) is 22.7. The first-order chi connectivity index (χ1) is 13.7. The third-order valence-corrected chi connectivity index (χ3v) is 4.88. The van der Waals surface area contributed by atoms with Gasteiger partial charge in [-0.25, -0.2) is 4.99 Å². The number of nitrogens with zero attached hydrogens (tertiary/aromatic N) is 4. The van der Waals surface area contributed by atoms with E-state index in [9.17, 15) is 0 Å². The molecular weight excluding hydrogens is 368 g/mol. The van der Waals surface area contributed by atoms with Gasteiger partial charge in [0.15, 0.2) is 11.8 Å². The van der Waals surface area contributed by atoms with E-state index in [0.29, 0.717) is 25.6 Å². The van der Waals surface area contributed by atoms with Crippen molar-refractivity contribution in [2.45, 2.75) is 46.9 Å². The van der Waals surface area contributed by atoms with E-state index in [0.717, 1.165) is 23.0 Å². The molecule has 0 aliphatic carbocycles. The minimum absolute atomic E-state index is 0.0174. The lowest BCUT2D eigenvalue weighted by Gasteiger charge is -2.30. The Labute approximate surface area is 173 Å². The number of aromatic nitrogens is 3. The van der Waals surface area contributed by atoms with Gasteiger partial charge >= 0.3 is 0 Å². The van der Waals surface area contributed by atoms with Gasteiger partial charge in [0.25, 0.3) is 0 Å². The van der Waals surface area contributed by atoms with Crippen LogP contribution in [0.25, 0.3) is 0 Å². The fourth-order valence-corrected chi connectivity index (χ4v) is 2.78. The summed E-state index contributed by atoms with van der Waals surface area (Å²) in [5.74, 6) is 3.26. The first-order valence-electron chi connectivity index (χ1n) is 9.77. The lowest BCUT2D eigenvalue weighted by Crippen LogP contribution is -2.45. The van der Waals surface area contributed by atoms with Crippen LogP contribution in [0.15, 0.2) is 29.3 Å². The molecule has 1 aromatic heterocycles. The number of methoxy groups -OCH3 is 2. The van der Waals surface area contributed by atoms with Gasteiger partial charge in [-0.05, 0) is 30.0 Å². The van der Waals surface area contributed by atoms with Gasteiger partial charge in [-0.3, -0.25) is 0 Å². The van der Waals surface area contributed by atoms with Gasteiger partial charge in [0, 0.05) is 20.7 Å². The number of ether oxygens (including phenoxy) is 2. The normalized spacial score (nSPS) is 13.3. The van der Waals surface area contributed by atoms with Crippen molar-refractivity contribution in [3.63, 3.8) is 0 Å². The Morgan fingerprint density at radius 2 is 1.83 bits per heavy atom. The summed E-state index contributed by atoms with van der Waals surface area (Å²) in [5, 5.41) is 15.1. The van der Waals surface area contributed by atoms with Crippen LogP contribution in [0, 0.1) is 12.3 Å². The highest BCUT2D eigenvalue weighted by molar-refractivity contribution is 5.79. The highest BCUT2D eigenvalue weighted by Crippen LogP contribution is 2.21. The van der Waals surface area contributed by atoms with Gasteiger partial charge in [0.1, 0.15) is 11.6 Å². The van der Waals surface area contributed by atoms with E-state index in [2.05, 4.69) is 41.6 Å². The van der Waals surface area contributed by atoms with Gasteiger partial charge in [-0.15, -0.1) is 10.2 Å². The minimum atomic E-state index is 0.0174. The summed E-state index contributed by atoms with van der Waals surface area (Å²) in [6, 6.07) is 7.90. The fraction of sp³-hybridized carbons (Fsp3) is 0.571. The molecule has 0 saturated heterocycles. The molecular formula is C21H34N6O2. The third-order valence-electron chi connectivity index (χ3n) is 4.88. The summed E-state index contributed by atoms with van der Waals surface area (Å²) >= 11 is 0. The Hall–Kier alpha value is -2.61. The zero-order chi connectivity index (χ0) is 21.4. The van der Waals surface area contributed by atoms with E-state index < -0.39 is 0 Å². The molecule has 0 aliphatic rings. The SMILES string of the molecule is COc1ccc(CN=C(NCc2nnc(C)n2C)NCC(OC)C(C)(C)C)cc1. The average Bonchev–Trinajstić information content (AvgIpc) is 3.01. The molecule has 2 aromatic rings. The van der Waals surface area contributed by atoms with Gasteiger partial charge in [0.05, 0.1) is 26.3 Å². The van der Waals surface area contributed by atoms with Gasteiger partial charge in [0.2, 0.25) is 0 Å². The van der Waals surface area contributed by atoms with Crippen molar-refractivity contribution in [3.05, 3.63) is 41.5 Å². The Morgan fingerprint density at radius 1 is 1.14 bits per heavy atom. The van der Waals surface area contributed by atoms with E-state index in [-0.39, 0.29) is 11.5 Å². The van der Waals surface area contributed by atoms with Crippen molar-refractivity contribution in [2.75, 3.05) is 20.8 Å². The van der Waals surface area contributed by atoms with Crippen LogP contribution >= 0.6 is 0 Å². The van der Waals surface area contributed by atoms with Crippen LogP contribution in [0.5, 0.6) is 5.75 Å². The zero-order valence-electron chi connectivity index (χ0n) is 18.6. The molecule has 2 rings (SSSR count).